The molecule has 0 fully saturated rings. The van der Waals surface area contributed by atoms with Gasteiger partial charge >= 0.3 is 0 Å². The van der Waals surface area contributed by atoms with E-state index >= 15 is 0 Å². The molecule has 18 heavy (non-hydrogen) atoms. The lowest BCUT2D eigenvalue weighted by Gasteiger charge is -2.15. The molecule has 0 aliphatic heterocycles. The van der Waals surface area contributed by atoms with Crippen molar-refractivity contribution < 1.29 is 4.74 Å². The highest BCUT2D eigenvalue weighted by Gasteiger charge is 2.09. The molecule has 0 aliphatic carbocycles. The van der Waals surface area contributed by atoms with Crippen LogP contribution in [0.3, 0.4) is 0 Å². The summed E-state index contributed by atoms with van der Waals surface area (Å²) in [4.78, 5) is 0. The lowest BCUT2D eigenvalue weighted by atomic mass is 10.1. The number of benzene rings is 1. The Labute approximate surface area is 112 Å². The standard InChI is InChI=1S/C14H18N2OS/c1-11-3-2-4-13(9-11)17-7-5-14(16-15)12-6-8-18-10-12/h2-4,6,8-10,14,16H,5,7,15H2,1H3. The van der Waals surface area contributed by atoms with E-state index in [1.54, 1.807) is 11.3 Å². The number of thiophene rings is 1. The first kappa shape index (κ1) is 13.1. The highest BCUT2D eigenvalue weighted by Crippen LogP contribution is 2.20. The van der Waals surface area contributed by atoms with Crippen molar-refractivity contribution in [1.29, 1.82) is 0 Å². The molecule has 0 radical (unpaired) electrons. The quantitative estimate of drug-likeness (QED) is 0.621. The first-order valence-corrected chi connectivity index (χ1v) is 6.91. The zero-order valence-corrected chi connectivity index (χ0v) is 11.2. The van der Waals surface area contributed by atoms with Crippen LogP contribution in [0.25, 0.3) is 0 Å². The summed E-state index contributed by atoms with van der Waals surface area (Å²) in [5.41, 5.74) is 5.25. The number of nitrogens with two attached hydrogens (primary N) is 1. The van der Waals surface area contributed by atoms with Crippen LogP contribution in [-0.4, -0.2) is 6.61 Å². The Morgan fingerprint density at radius 2 is 2.28 bits per heavy atom. The van der Waals surface area contributed by atoms with Gasteiger partial charge in [0.05, 0.1) is 12.6 Å². The first-order chi connectivity index (χ1) is 8.79. The number of nitrogens with one attached hydrogen (secondary N) is 1. The number of rotatable bonds is 6. The molecule has 3 nitrogen and oxygen atoms in total. The Kier molecular flexibility index (Phi) is 4.75. The van der Waals surface area contributed by atoms with E-state index in [9.17, 15) is 0 Å². The van der Waals surface area contributed by atoms with Crippen molar-refractivity contribution in [3.05, 3.63) is 52.2 Å². The lowest BCUT2D eigenvalue weighted by molar-refractivity contribution is 0.287. The summed E-state index contributed by atoms with van der Waals surface area (Å²) in [5.74, 6) is 6.48. The minimum absolute atomic E-state index is 0.154. The Morgan fingerprint density at radius 3 is 2.94 bits per heavy atom. The highest BCUT2D eigenvalue weighted by atomic mass is 32.1. The summed E-state index contributed by atoms with van der Waals surface area (Å²) < 4.78 is 5.73. The van der Waals surface area contributed by atoms with Crippen LogP contribution in [0.1, 0.15) is 23.6 Å². The number of hydrazine groups is 1. The van der Waals surface area contributed by atoms with Gasteiger partial charge in [0.25, 0.3) is 0 Å². The molecular formula is C14H18N2OS. The smallest absolute Gasteiger partial charge is 0.119 e. The zero-order chi connectivity index (χ0) is 12.8. The molecular weight excluding hydrogens is 244 g/mol. The average molecular weight is 262 g/mol. The fraction of sp³-hybridized carbons (Fsp3) is 0.286. The van der Waals surface area contributed by atoms with Crippen molar-refractivity contribution in [2.24, 2.45) is 5.84 Å². The average Bonchev–Trinajstić information content (AvgIpc) is 2.88. The molecule has 0 saturated heterocycles. The second-order valence-electron chi connectivity index (χ2n) is 4.23. The van der Waals surface area contributed by atoms with Crippen LogP contribution in [0.5, 0.6) is 5.75 Å². The van der Waals surface area contributed by atoms with Crippen LogP contribution in [0.4, 0.5) is 0 Å². The number of aryl methyl sites for hydroxylation is 1. The predicted molar refractivity (Wildman–Crippen MR) is 75.7 cm³/mol. The number of ether oxygens (including phenoxy) is 1. The molecule has 0 bridgehead atoms. The normalized spacial score (nSPS) is 12.3. The van der Waals surface area contributed by atoms with Gasteiger partial charge in [0.1, 0.15) is 5.75 Å². The maximum absolute atomic E-state index is 5.73. The van der Waals surface area contributed by atoms with E-state index in [0.29, 0.717) is 6.61 Å². The minimum atomic E-state index is 0.154. The number of hydrogen-bond acceptors (Lipinski definition) is 4. The Bertz CT molecular complexity index is 470. The molecule has 1 atom stereocenters. The fourth-order valence-electron chi connectivity index (χ4n) is 1.82. The molecule has 2 aromatic rings. The van der Waals surface area contributed by atoms with E-state index in [1.165, 1.54) is 11.1 Å². The van der Waals surface area contributed by atoms with Crippen molar-refractivity contribution >= 4 is 11.3 Å². The van der Waals surface area contributed by atoms with Crippen LogP contribution in [0.2, 0.25) is 0 Å². The molecule has 3 N–H and O–H groups in total. The zero-order valence-electron chi connectivity index (χ0n) is 10.4. The number of hydrogen-bond donors (Lipinski definition) is 2. The molecule has 4 heteroatoms. The van der Waals surface area contributed by atoms with Gasteiger partial charge in [0, 0.05) is 6.42 Å². The summed E-state index contributed by atoms with van der Waals surface area (Å²) in [5, 5.41) is 4.16. The summed E-state index contributed by atoms with van der Waals surface area (Å²) in [6.07, 6.45) is 0.848. The van der Waals surface area contributed by atoms with E-state index in [2.05, 4.69) is 35.2 Å². The van der Waals surface area contributed by atoms with Gasteiger partial charge in [-0.05, 0) is 47.0 Å². The van der Waals surface area contributed by atoms with Gasteiger partial charge in [-0.15, -0.1) is 0 Å². The van der Waals surface area contributed by atoms with Gasteiger partial charge in [0.2, 0.25) is 0 Å². The molecule has 1 unspecified atom stereocenters. The summed E-state index contributed by atoms with van der Waals surface area (Å²) in [6.45, 7) is 2.70. The molecule has 0 spiro atoms. The Morgan fingerprint density at radius 1 is 1.39 bits per heavy atom. The van der Waals surface area contributed by atoms with Gasteiger partial charge in [-0.25, -0.2) is 0 Å². The lowest BCUT2D eigenvalue weighted by Crippen LogP contribution is -2.29. The van der Waals surface area contributed by atoms with E-state index in [1.807, 2.05) is 18.2 Å². The third-order valence-electron chi connectivity index (χ3n) is 2.81. The maximum Gasteiger partial charge on any atom is 0.119 e. The van der Waals surface area contributed by atoms with E-state index in [4.69, 9.17) is 10.6 Å². The van der Waals surface area contributed by atoms with Crippen molar-refractivity contribution in [2.75, 3.05) is 6.61 Å². The van der Waals surface area contributed by atoms with Crippen LogP contribution in [-0.2, 0) is 0 Å². The molecule has 1 aromatic heterocycles. The Balaban J connectivity index is 1.84. The third kappa shape index (κ3) is 3.57. The molecule has 0 saturated carbocycles. The van der Waals surface area contributed by atoms with Crippen LogP contribution < -0.4 is 16.0 Å². The molecule has 1 heterocycles. The molecule has 2 rings (SSSR count). The van der Waals surface area contributed by atoms with E-state index < -0.39 is 0 Å². The van der Waals surface area contributed by atoms with Gasteiger partial charge in [-0.1, -0.05) is 12.1 Å². The minimum Gasteiger partial charge on any atom is -0.494 e. The van der Waals surface area contributed by atoms with Crippen molar-refractivity contribution in [2.45, 2.75) is 19.4 Å². The summed E-state index contributed by atoms with van der Waals surface area (Å²) >= 11 is 1.68. The SMILES string of the molecule is Cc1cccc(OCCC(NN)c2ccsc2)c1. The molecule has 0 aliphatic rings. The van der Waals surface area contributed by atoms with Gasteiger partial charge < -0.3 is 4.74 Å². The van der Waals surface area contributed by atoms with Crippen molar-refractivity contribution in [1.82, 2.24) is 5.43 Å². The second-order valence-corrected chi connectivity index (χ2v) is 5.01. The first-order valence-electron chi connectivity index (χ1n) is 5.97. The Hall–Kier alpha value is -1.36. The fourth-order valence-corrected chi connectivity index (χ4v) is 2.53. The third-order valence-corrected chi connectivity index (χ3v) is 3.51. The largest absolute Gasteiger partial charge is 0.494 e. The summed E-state index contributed by atoms with van der Waals surface area (Å²) in [6, 6.07) is 10.3. The molecule has 0 amide bonds. The monoisotopic (exact) mass is 262 g/mol. The van der Waals surface area contributed by atoms with Gasteiger partial charge in [0.15, 0.2) is 0 Å². The topological polar surface area (TPSA) is 47.3 Å². The van der Waals surface area contributed by atoms with Gasteiger partial charge in [-0.3, -0.25) is 11.3 Å². The van der Waals surface area contributed by atoms with Gasteiger partial charge in [-0.2, -0.15) is 11.3 Å². The van der Waals surface area contributed by atoms with Crippen LogP contribution in [0, 0.1) is 6.92 Å². The van der Waals surface area contributed by atoms with Crippen LogP contribution in [0.15, 0.2) is 41.1 Å². The summed E-state index contributed by atoms with van der Waals surface area (Å²) in [7, 11) is 0. The van der Waals surface area contributed by atoms with Crippen molar-refractivity contribution in [3.8, 4) is 5.75 Å². The van der Waals surface area contributed by atoms with Crippen molar-refractivity contribution in [3.63, 3.8) is 0 Å². The maximum atomic E-state index is 5.73. The van der Waals surface area contributed by atoms with E-state index in [0.717, 1.165) is 12.2 Å². The van der Waals surface area contributed by atoms with Crippen LogP contribution >= 0.6 is 11.3 Å². The molecule has 1 aromatic carbocycles. The predicted octanol–water partition coefficient (Wildman–Crippen LogP) is 3.03. The highest BCUT2D eigenvalue weighted by molar-refractivity contribution is 7.07. The van der Waals surface area contributed by atoms with E-state index in [-0.39, 0.29) is 6.04 Å². The second kappa shape index (κ2) is 6.54. The molecule has 96 valence electrons.